The van der Waals surface area contributed by atoms with Gasteiger partial charge in [-0.2, -0.15) is 0 Å². The lowest BCUT2D eigenvalue weighted by Crippen LogP contribution is -2.00. The van der Waals surface area contributed by atoms with Crippen molar-refractivity contribution >= 4 is 28.0 Å². The van der Waals surface area contributed by atoms with Crippen LogP contribution in [0.5, 0.6) is 5.88 Å². The Morgan fingerprint density at radius 2 is 2.04 bits per heavy atom. The molecule has 0 spiro atoms. The predicted octanol–water partition coefficient (Wildman–Crippen LogP) is 3.32. The average Bonchev–Trinajstić information content (AvgIpc) is 3.28. The maximum Gasteiger partial charge on any atom is 0.241 e. The Bertz CT molecular complexity index is 1040. The first-order chi connectivity index (χ1) is 11.8. The normalized spacial score (nSPS) is 10.9. The number of methoxy groups -OCH3 is 1. The summed E-state index contributed by atoms with van der Waals surface area (Å²) in [6.45, 7) is 0. The molecule has 1 N–H and O–H groups in total. The number of aromatic nitrogens is 4. The first kappa shape index (κ1) is 14.5. The van der Waals surface area contributed by atoms with Crippen LogP contribution in [-0.4, -0.2) is 32.8 Å². The molecule has 0 saturated heterocycles. The third-order valence-corrected chi connectivity index (χ3v) is 4.47. The van der Waals surface area contributed by atoms with E-state index in [9.17, 15) is 4.79 Å². The van der Waals surface area contributed by atoms with Gasteiger partial charge in [-0.3, -0.25) is 4.79 Å². The number of fused-ring (bicyclic) bond motifs is 1. The van der Waals surface area contributed by atoms with E-state index in [0.717, 1.165) is 10.9 Å². The number of aromatic amines is 1. The quantitative estimate of drug-likeness (QED) is 0.578. The molecular weight excluding hydrogens is 324 g/mol. The van der Waals surface area contributed by atoms with Crippen LogP contribution in [0.1, 0.15) is 15.4 Å². The number of hydrogen-bond donors (Lipinski definition) is 1. The van der Waals surface area contributed by atoms with Crippen molar-refractivity contribution in [2.45, 2.75) is 0 Å². The number of nitrogens with zero attached hydrogens (tertiary/aromatic N) is 3. The first-order valence-electron chi connectivity index (χ1n) is 7.19. The van der Waals surface area contributed by atoms with Crippen LogP contribution in [0.4, 0.5) is 0 Å². The van der Waals surface area contributed by atoms with Crippen LogP contribution >= 0.6 is 11.3 Å². The molecule has 0 saturated carbocycles. The summed E-state index contributed by atoms with van der Waals surface area (Å²) in [5.41, 5.74) is 2.63. The molecule has 4 aromatic rings. The van der Waals surface area contributed by atoms with Gasteiger partial charge < -0.3 is 9.72 Å². The maximum absolute atomic E-state index is 12.8. The van der Waals surface area contributed by atoms with Crippen molar-refractivity contribution in [3.8, 4) is 17.3 Å². The highest BCUT2D eigenvalue weighted by Gasteiger charge is 2.19. The molecule has 6 nitrogen and oxygen atoms in total. The average molecular weight is 336 g/mol. The Hall–Kier alpha value is -3.06. The van der Waals surface area contributed by atoms with Crippen molar-refractivity contribution in [1.82, 2.24) is 19.9 Å². The summed E-state index contributed by atoms with van der Waals surface area (Å²) in [4.78, 5) is 28.7. The van der Waals surface area contributed by atoms with Crippen LogP contribution < -0.4 is 4.74 Å². The number of H-pyrrole nitrogens is 1. The summed E-state index contributed by atoms with van der Waals surface area (Å²) in [6.07, 6.45) is 4.84. The minimum atomic E-state index is -0.119. The molecule has 0 aliphatic heterocycles. The molecule has 24 heavy (non-hydrogen) atoms. The summed E-state index contributed by atoms with van der Waals surface area (Å²) in [7, 11) is 1.53. The summed E-state index contributed by atoms with van der Waals surface area (Å²) in [5, 5.41) is 3.08. The highest BCUT2D eigenvalue weighted by atomic mass is 32.1. The standard InChI is InChI=1S/C17H12N4O2S/c1-23-16-14(18-6-7-19-16)13-9-24-17(21-13)15(22)11-8-20-12-5-3-2-4-10(11)12/h2-9,20H,1H3. The molecule has 0 aliphatic rings. The minimum Gasteiger partial charge on any atom is -0.479 e. The van der Waals surface area contributed by atoms with Gasteiger partial charge in [0.2, 0.25) is 11.7 Å². The van der Waals surface area contributed by atoms with Gasteiger partial charge in [0.1, 0.15) is 5.69 Å². The topological polar surface area (TPSA) is 80.8 Å². The lowest BCUT2D eigenvalue weighted by molar-refractivity contribution is 0.104. The van der Waals surface area contributed by atoms with Gasteiger partial charge in [-0.25, -0.2) is 15.0 Å². The van der Waals surface area contributed by atoms with Gasteiger partial charge in [0.05, 0.1) is 12.7 Å². The van der Waals surface area contributed by atoms with E-state index in [1.54, 1.807) is 24.0 Å². The van der Waals surface area contributed by atoms with Crippen molar-refractivity contribution in [3.63, 3.8) is 0 Å². The highest BCUT2D eigenvalue weighted by molar-refractivity contribution is 7.12. The summed E-state index contributed by atoms with van der Waals surface area (Å²) in [5.74, 6) is 0.264. The Kier molecular flexibility index (Phi) is 3.55. The lowest BCUT2D eigenvalue weighted by atomic mass is 10.1. The van der Waals surface area contributed by atoms with Gasteiger partial charge >= 0.3 is 0 Å². The summed E-state index contributed by atoms with van der Waals surface area (Å²) >= 11 is 1.28. The number of ether oxygens (including phenoxy) is 1. The predicted molar refractivity (Wildman–Crippen MR) is 91.4 cm³/mol. The van der Waals surface area contributed by atoms with E-state index in [0.29, 0.717) is 27.8 Å². The van der Waals surface area contributed by atoms with Crippen molar-refractivity contribution in [2.75, 3.05) is 7.11 Å². The van der Waals surface area contributed by atoms with Gasteiger partial charge in [0.25, 0.3) is 0 Å². The molecule has 118 valence electrons. The van der Waals surface area contributed by atoms with E-state index in [-0.39, 0.29) is 5.78 Å². The molecule has 3 aromatic heterocycles. The second-order valence-corrected chi connectivity index (χ2v) is 5.89. The zero-order valence-electron chi connectivity index (χ0n) is 12.7. The molecule has 3 heterocycles. The van der Waals surface area contributed by atoms with Crippen LogP contribution in [0.2, 0.25) is 0 Å². The third-order valence-electron chi connectivity index (χ3n) is 3.63. The number of rotatable bonds is 4. The van der Waals surface area contributed by atoms with Crippen LogP contribution in [0.15, 0.2) is 48.2 Å². The molecule has 1 aromatic carbocycles. The molecule has 0 aliphatic carbocycles. The van der Waals surface area contributed by atoms with Crippen LogP contribution in [0.25, 0.3) is 22.3 Å². The smallest absolute Gasteiger partial charge is 0.241 e. The fourth-order valence-electron chi connectivity index (χ4n) is 2.51. The highest BCUT2D eigenvalue weighted by Crippen LogP contribution is 2.28. The zero-order chi connectivity index (χ0) is 16.5. The molecule has 0 fully saturated rings. The Balaban J connectivity index is 1.73. The van der Waals surface area contributed by atoms with E-state index >= 15 is 0 Å². The van der Waals surface area contributed by atoms with E-state index < -0.39 is 0 Å². The fraction of sp³-hybridized carbons (Fsp3) is 0.0588. The molecule has 4 rings (SSSR count). The Labute approximate surface area is 141 Å². The molecule has 0 unspecified atom stereocenters. The monoisotopic (exact) mass is 336 g/mol. The van der Waals surface area contributed by atoms with E-state index in [1.807, 2.05) is 24.3 Å². The Morgan fingerprint density at radius 1 is 1.21 bits per heavy atom. The van der Waals surface area contributed by atoms with E-state index in [2.05, 4.69) is 19.9 Å². The SMILES string of the molecule is COc1nccnc1-c1csc(C(=O)c2c[nH]c3ccccc23)n1. The number of hydrogen-bond acceptors (Lipinski definition) is 6. The first-order valence-corrected chi connectivity index (χ1v) is 8.07. The number of ketones is 1. The van der Waals surface area contributed by atoms with Gasteiger partial charge in [0.15, 0.2) is 10.7 Å². The number of thiazole rings is 1. The van der Waals surface area contributed by atoms with Crippen LogP contribution in [0, 0.1) is 0 Å². The lowest BCUT2D eigenvalue weighted by Gasteiger charge is -2.02. The van der Waals surface area contributed by atoms with Crippen LogP contribution in [-0.2, 0) is 0 Å². The van der Waals surface area contributed by atoms with Crippen molar-refractivity contribution in [3.05, 3.63) is 58.8 Å². The summed E-state index contributed by atoms with van der Waals surface area (Å²) in [6, 6.07) is 7.68. The Morgan fingerprint density at radius 3 is 2.92 bits per heavy atom. The second-order valence-electron chi connectivity index (χ2n) is 5.03. The van der Waals surface area contributed by atoms with Crippen molar-refractivity contribution in [1.29, 1.82) is 0 Å². The van der Waals surface area contributed by atoms with Crippen LogP contribution in [0.3, 0.4) is 0 Å². The molecule has 0 atom stereocenters. The zero-order valence-corrected chi connectivity index (χ0v) is 13.5. The number of para-hydroxylation sites is 1. The largest absolute Gasteiger partial charge is 0.479 e. The number of carbonyl (C=O) groups is 1. The van der Waals surface area contributed by atoms with Crippen molar-refractivity contribution in [2.24, 2.45) is 0 Å². The van der Waals surface area contributed by atoms with Gasteiger partial charge in [-0.15, -0.1) is 11.3 Å². The molecule has 7 heteroatoms. The van der Waals surface area contributed by atoms with Gasteiger partial charge in [0, 0.05) is 34.9 Å². The number of carbonyl (C=O) groups excluding carboxylic acids is 1. The minimum absolute atomic E-state index is 0.119. The van der Waals surface area contributed by atoms with E-state index in [4.69, 9.17) is 4.74 Å². The third kappa shape index (κ3) is 2.35. The van der Waals surface area contributed by atoms with Crippen molar-refractivity contribution < 1.29 is 9.53 Å². The maximum atomic E-state index is 12.8. The van der Waals surface area contributed by atoms with E-state index in [1.165, 1.54) is 18.4 Å². The number of nitrogens with one attached hydrogen (secondary N) is 1. The van der Waals surface area contributed by atoms with Gasteiger partial charge in [-0.05, 0) is 6.07 Å². The molecular formula is C17H12N4O2S. The molecule has 0 amide bonds. The number of benzene rings is 1. The molecule has 0 bridgehead atoms. The van der Waals surface area contributed by atoms with Gasteiger partial charge in [-0.1, -0.05) is 18.2 Å². The molecule has 0 radical (unpaired) electrons. The fourth-order valence-corrected chi connectivity index (χ4v) is 3.27. The summed E-state index contributed by atoms with van der Waals surface area (Å²) < 4.78 is 5.20. The second kappa shape index (κ2) is 5.86.